The molecule has 0 saturated carbocycles. The Morgan fingerprint density at radius 2 is 2.05 bits per heavy atom. The monoisotopic (exact) mass is 262 g/mol. The number of ketones is 1. The van der Waals surface area contributed by atoms with E-state index in [1.54, 1.807) is 6.20 Å². The molecule has 0 N–H and O–H groups in total. The molecule has 0 spiro atoms. The van der Waals surface area contributed by atoms with E-state index in [1.165, 1.54) is 0 Å². The third-order valence-electron chi connectivity index (χ3n) is 3.84. The highest BCUT2D eigenvalue weighted by Gasteiger charge is 2.26. The van der Waals surface area contributed by atoms with E-state index in [0.717, 1.165) is 38.5 Å². The summed E-state index contributed by atoms with van der Waals surface area (Å²) >= 11 is 0. The van der Waals surface area contributed by atoms with Gasteiger partial charge in [-0.3, -0.25) is 4.79 Å². The van der Waals surface area contributed by atoms with E-state index in [-0.39, 0.29) is 11.2 Å². The molecule has 1 aromatic heterocycles. The fourth-order valence-electron chi connectivity index (χ4n) is 2.05. The van der Waals surface area contributed by atoms with Crippen LogP contribution < -0.4 is 4.90 Å². The van der Waals surface area contributed by atoms with Crippen molar-refractivity contribution in [3.05, 3.63) is 23.9 Å². The SMILES string of the molecule is CCC(C)(C)C(=O)c1ccc(N2CCOCC2)nc1. The van der Waals surface area contributed by atoms with E-state index < -0.39 is 0 Å². The Morgan fingerprint density at radius 1 is 1.37 bits per heavy atom. The van der Waals surface area contributed by atoms with Crippen molar-refractivity contribution < 1.29 is 9.53 Å². The normalized spacial score (nSPS) is 16.5. The van der Waals surface area contributed by atoms with E-state index >= 15 is 0 Å². The summed E-state index contributed by atoms with van der Waals surface area (Å²) in [6.07, 6.45) is 2.53. The molecule has 0 atom stereocenters. The van der Waals surface area contributed by atoms with Crippen LogP contribution in [-0.4, -0.2) is 37.1 Å². The summed E-state index contributed by atoms with van der Waals surface area (Å²) in [4.78, 5) is 18.9. The summed E-state index contributed by atoms with van der Waals surface area (Å²) in [5.41, 5.74) is 0.381. The minimum atomic E-state index is -0.317. The Balaban J connectivity index is 2.12. The molecule has 2 heterocycles. The number of morpholine rings is 1. The average Bonchev–Trinajstić information content (AvgIpc) is 2.47. The van der Waals surface area contributed by atoms with Crippen molar-refractivity contribution in [1.29, 1.82) is 0 Å². The summed E-state index contributed by atoms with van der Waals surface area (Å²) in [7, 11) is 0. The molecule has 0 radical (unpaired) electrons. The van der Waals surface area contributed by atoms with Gasteiger partial charge in [-0.2, -0.15) is 0 Å². The van der Waals surface area contributed by atoms with Crippen LogP contribution in [0.25, 0.3) is 0 Å². The van der Waals surface area contributed by atoms with E-state index in [1.807, 2.05) is 32.9 Å². The van der Waals surface area contributed by atoms with Crippen molar-refractivity contribution in [2.24, 2.45) is 5.41 Å². The molecule has 1 aliphatic heterocycles. The van der Waals surface area contributed by atoms with Crippen LogP contribution >= 0.6 is 0 Å². The van der Waals surface area contributed by atoms with Gasteiger partial charge in [0.05, 0.1) is 13.2 Å². The second-order valence-electron chi connectivity index (χ2n) is 5.57. The van der Waals surface area contributed by atoms with Gasteiger partial charge in [-0.05, 0) is 18.6 Å². The number of pyridine rings is 1. The maximum atomic E-state index is 12.3. The van der Waals surface area contributed by atoms with Gasteiger partial charge in [-0.1, -0.05) is 20.8 Å². The molecule has 0 aromatic carbocycles. The third-order valence-corrected chi connectivity index (χ3v) is 3.84. The number of nitrogens with zero attached hydrogens (tertiary/aromatic N) is 2. The topological polar surface area (TPSA) is 42.4 Å². The molecule has 1 aromatic rings. The molecular formula is C15H22N2O2. The fraction of sp³-hybridized carbons (Fsp3) is 0.600. The maximum Gasteiger partial charge on any atom is 0.169 e. The summed E-state index contributed by atoms with van der Waals surface area (Å²) in [6, 6.07) is 3.82. The van der Waals surface area contributed by atoms with E-state index in [9.17, 15) is 4.79 Å². The molecular weight excluding hydrogens is 240 g/mol. The number of carbonyl (C=O) groups excluding carboxylic acids is 1. The van der Waals surface area contributed by atoms with Gasteiger partial charge in [-0.25, -0.2) is 4.98 Å². The largest absolute Gasteiger partial charge is 0.378 e. The lowest BCUT2D eigenvalue weighted by molar-refractivity contribution is 0.0832. The first-order valence-electron chi connectivity index (χ1n) is 6.88. The molecule has 0 aliphatic carbocycles. The number of rotatable bonds is 4. The van der Waals surface area contributed by atoms with Gasteiger partial charge in [0.15, 0.2) is 5.78 Å². The number of aromatic nitrogens is 1. The van der Waals surface area contributed by atoms with Crippen molar-refractivity contribution in [1.82, 2.24) is 4.98 Å². The molecule has 104 valence electrons. The summed E-state index contributed by atoms with van der Waals surface area (Å²) in [5, 5.41) is 0. The predicted molar refractivity (Wildman–Crippen MR) is 75.7 cm³/mol. The minimum absolute atomic E-state index is 0.163. The number of ether oxygens (including phenoxy) is 1. The zero-order valence-corrected chi connectivity index (χ0v) is 12.0. The van der Waals surface area contributed by atoms with Crippen LogP contribution in [0.3, 0.4) is 0 Å². The highest BCUT2D eigenvalue weighted by Crippen LogP contribution is 2.25. The molecule has 0 bridgehead atoms. The Morgan fingerprint density at radius 3 is 2.58 bits per heavy atom. The van der Waals surface area contributed by atoms with E-state index in [4.69, 9.17) is 4.74 Å². The highest BCUT2D eigenvalue weighted by molar-refractivity contribution is 5.99. The molecule has 4 heteroatoms. The van der Waals surface area contributed by atoms with Crippen molar-refractivity contribution >= 4 is 11.6 Å². The standard InChI is InChI=1S/C15H22N2O2/c1-4-15(2,3)14(18)12-5-6-13(16-11-12)17-7-9-19-10-8-17/h5-6,11H,4,7-10H2,1-3H3. The van der Waals surface area contributed by atoms with E-state index in [2.05, 4.69) is 9.88 Å². The van der Waals surface area contributed by atoms with Gasteiger partial charge in [0.25, 0.3) is 0 Å². The minimum Gasteiger partial charge on any atom is -0.378 e. The number of carbonyl (C=O) groups is 1. The molecule has 4 nitrogen and oxygen atoms in total. The summed E-state index contributed by atoms with van der Waals surface area (Å²) in [5.74, 6) is 1.09. The van der Waals surface area contributed by atoms with Crippen molar-refractivity contribution in [2.45, 2.75) is 27.2 Å². The summed E-state index contributed by atoms with van der Waals surface area (Å²) in [6.45, 7) is 9.20. The number of hydrogen-bond donors (Lipinski definition) is 0. The zero-order valence-electron chi connectivity index (χ0n) is 12.0. The second kappa shape index (κ2) is 5.70. The van der Waals surface area contributed by atoms with Crippen LogP contribution in [0.2, 0.25) is 0 Å². The number of anilines is 1. The lowest BCUT2D eigenvalue weighted by Crippen LogP contribution is -2.36. The first-order valence-corrected chi connectivity index (χ1v) is 6.88. The lowest BCUT2D eigenvalue weighted by atomic mass is 9.82. The van der Waals surface area contributed by atoms with Crippen LogP contribution in [0.15, 0.2) is 18.3 Å². The highest BCUT2D eigenvalue weighted by atomic mass is 16.5. The molecule has 1 aliphatic rings. The molecule has 19 heavy (non-hydrogen) atoms. The molecule has 0 unspecified atom stereocenters. The fourth-order valence-corrected chi connectivity index (χ4v) is 2.05. The van der Waals surface area contributed by atoms with Crippen LogP contribution in [0.5, 0.6) is 0 Å². The van der Waals surface area contributed by atoms with Crippen molar-refractivity contribution in [2.75, 3.05) is 31.2 Å². The van der Waals surface area contributed by atoms with Gasteiger partial charge in [0.1, 0.15) is 5.82 Å². The van der Waals surface area contributed by atoms with Crippen molar-refractivity contribution in [3.8, 4) is 0 Å². The number of hydrogen-bond acceptors (Lipinski definition) is 4. The van der Waals surface area contributed by atoms with Crippen LogP contribution in [0, 0.1) is 5.41 Å². The van der Waals surface area contributed by atoms with Gasteiger partial charge in [0.2, 0.25) is 0 Å². The predicted octanol–water partition coefficient (Wildman–Crippen LogP) is 2.54. The van der Waals surface area contributed by atoms with Crippen molar-refractivity contribution in [3.63, 3.8) is 0 Å². The first kappa shape index (κ1) is 14.0. The summed E-state index contributed by atoms with van der Waals surface area (Å²) < 4.78 is 5.32. The molecule has 1 fully saturated rings. The molecule has 2 rings (SSSR count). The van der Waals surface area contributed by atoms with Crippen LogP contribution in [-0.2, 0) is 4.74 Å². The average molecular weight is 262 g/mol. The Labute approximate surface area is 114 Å². The van der Waals surface area contributed by atoms with Gasteiger partial charge >= 0.3 is 0 Å². The third kappa shape index (κ3) is 3.13. The Kier molecular flexibility index (Phi) is 4.20. The second-order valence-corrected chi connectivity index (χ2v) is 5.57. The first-order chi connectivity index (χ1) is 9.04. The van der Waals surface area contributed by atoms with Gasteiger partial charge in [0, 0.05) is 30.3 Å². The van der Waals surface area contributed by atoms with E-state index in [0.29, 0.717) is 5.56 Å². The zero-order chi connectivity index (χ0) is 13.9. The quantitative estimate of drug-likeness (QED) is 0.782. The Hall–Kier alpha value is -1.42. The Bertz CT molecular complexity index is 434. The smallest absolute Gasteiger partial charge is 0.169 e. The molecule has 0 amide bonds. The molecule has 1 saturated heterocycles. The number of Topliss-reactive ketones (excluding diaryl/α,β-unsaturated/α-hetero) is 1. The lowest BCUT2D eigenvalue weighted by Gasteiger charge is -2.28. The van der Waals surface area contributed by atoms with Crippen LogP contribution in [0.1, 0.15) is 37.6 Å². The van der Waals surface area contributed by atoms with Crippen LogP contribution in [0.4, 0.5) is 5.82 Å². The maximum absolute atomic E-state index is 12.3. The van der Waals surface area contributed by atoms with Gasteiger partial charge < -0.3 is 9.64 Å². The van der Waals surface area contributed by atoms with Gasteiger partial charge in [-0.15, -0.1) is 0 Å².